The van der Waals surface area contributed by atoms with E-state index >= 15 is 0 Å². The van der Waals surface area contributed by atoms with Gasteiger partial charge in [-0.05, 0) is 30.4 Å². The summed E-state index contributed by atoms with van der Waals surface area (Å²) in [7, 11) is 1.74. The first-order chi connectivity index (χ1) is 11.0. The molecule has 23 heavy (non-hydrogen) atoms. The van der Waals surface area contributed by atoms with Crippen molar-refractivity contribution in [2.24, 2.45) is 0 Å². The monoisotopic (exact) mass is 331 g/mol. The van der Waals surface area contributed by atoms with Crippen LogP contribution in [0.3, 0.4) is 0 Å². The normalized spacial score (nSPS) is 11.3. The maximum absolute atomic E-state index is 12.7. The van der Waals surface area contributed by atoms with Crippen LogP contribution in [-0.4, -0.2) is 47.0 Å². The number of amides is 1. The molecule has 0 unspecified atom stereocenters. The fourth-order valence-electron chi connectivity index (χ4n) is 2.23. The van der Waals surface area contributed by atoms with Crippen molar-refractivity contribution < 1.29 is 4.79 Å². The number of aryl methyl sites for hydroxylation is 1. The van der Waals surface area contributed by atoms with Crippen molar-refractivity contribution in [1.29, 1.82) is 0 Å². The summed E-state index contributed by atoms with van der Waals surface area (Å²) in [6, 6.07) is 1.78. The van der Waals surface area contributed by atoms with E-state index in [9.17, 15) is 4.79 Å². The summed E-state index contributed by atoms with van der Waals surface area (Å²) in [5.74, 6) is 0.473. The molecule has 0 spiro atoms. The van der Waals surface area contributed by atoms with Gasteiger partial charge < -0.3 is 4.90 Å². The Hall–Kier alpha value is -2.42. The fraction of sp³-hybridized carbons (Fsp3) is 0.429. The Morgan fingerprint density at radius 1 is 1.43 bits per heavy atom. The molecular formula is C14H17N7OS. The van der Waals surface area contributed by atoms with Crippen molar-refractivity contribution in [1.82, 2.24) is 34.1 Å². The molecule has 0 fully saturated rings. The Morgan fingerprint density at radius 2 is 2.22 bits per heavy atom. The van der Waals surface area contributed by atoms with Crippen LogP contribution in [0.4, 0.5) is 0 Å². The molecule has 0 aromatic carbocycles. The van der Waals surface area contributed by atoms with Crippen LogP contribution in [0, 0.1) is 6.92 Å². The Kier molecular flexibility index (Phi) is 4.03. The van der Waals surface area contributed by atoms with Gasteiger partial charge >= 0.3 is 0 Å². The fourth-order valence-corrected chi connectivity index (χ4v) is 2.92. The van der Waals surface area contributed by atoms with Gasteiger partial charge in [-0.3, -0.25) is 4.79 Å². The summed E-state index contributed by atoms with van der Waals surface area (Å²) < 4.78 is 5.56. The molecule has 0 saturated carbocycles. The quantitative estimate of drug-likeness (QED) is 0.722. The molecule has 3 rings (SSSR count). The van der Waals surface area contributed by atoms with Crippen LogP contribution >= 0.6 is 11.5 Å². The Labute approximate surface area is 137 Å². The lowest BCUT2D eigenvalue weighted by Crippen LogP contribution is -2.27. The second-order valence-corrected chi connectivity index (χ2v) is 6.47. The third-order valence-electron chi connectivity index (χ3n) is 3.56. The minimum atomic E-state index is -0.162. The van der Waals surface area contributed by atoms with Crippen LogP contribution in [0.25, 0.3) is 5.78 Å². The molecule has 0 atom stereocenters. The van der Waals surface area contributed by atoms with Gasteiger partial charge in [0, 0.05) is 7.05 Å². The second kappa shape index (κ2) is 5.99. The van der Waals surface area contributed by atoms with Crippen LogP contribution in [0.1, 0.15) is 46.5 Å². The number of rotatable bonds is 4. The van der Waals surface area contributed by atoms with Crippen molar-refractivity contribution in [2.75, 3.05) is 7.05 Å². The Balaban J connectivity index is 1.92. The van der Waals surface area contributed by atoms with Gasteiger partial charge in [0.05, 0.1) is 22.8 Å². The topological polar surface area (TPSA) is 89.2 Å². The standard InChI is InChI=1S/C14H17N7OS/c1-8(2)11-5-10(17-14-15-7-16-21(11)14)13(22)20(4)6-12-9(3)18-19-23-12/h5,7-8H,6H2,1-4H3. The molecule has 0 bridgehead atoms. The Bertz CT molecular complexity index is 854. The van der Waals surface area contributed by atoms with Crippen LogP contribution in [0.2, 0.25) is 0 Å². The SMILES string of the molecule is Cc1nnsc1CN(C)C(=O)c1cc(C(C)C)n2ncnc2n1. The van der Waals surface area contributed by atoms with E-state index in [0.717, 1.165) is 16.3 Å². The molecule has 0 saturated heterocycles. The molecule has 1 amide bonds. The molecule has 3 aromatic heterocycles. The summed E-state index contributed by atoms with van der Waals surface area (Å²) in [5, 5.41) is 8.13. The van der Waals surface area contributed by atoms with Crippen molar-refractivity contribution in [2.45, 2.75) is 33.2 Å². The highest BCUT2D eigenvalue weighted by molar-refractivity contribution is 7.05. The van der Waals surface area contributed by atoms with E-state index in [1.807, 2.05) is 20.8 Å². The van der Waals surface area contributed by atoms with Crippen LogP contribution in [0.15, 0.2) is 12.4 Å². The summed E-state index contributed by atoms with van der Waals surface area (Å²) in [6.45, 7) is 6.43. The third kappa shape index (κ3) is 2.91. The van der Waals surface area contributed by atoms with Crippen molar-refractivity contribution >= 4 is 23.2 Å². The molecule has 120 valence electrons. The number of hydrogen-bond donors (Lipinski definition) is 0. The molecule has 0 aliphatic rings. The zero-order valence-electron chi connectivity index (χ0n) is 13.4. The van der Waals surface area contributed by atoms with E-state index in [2.05, 4.69) is 24.7 Å². The van der Waals surface area contributed by atoms with Crippen molar-refractivity contribution in [3.05, 3.63) is 34.4 Å². The maximum atomic E-state index is 12.7. The zero-order chi connectivity index (χ0) is 16.6. The van der Waals surface area contributed by atoms with Crippen molar-refractivity contribution in [3.8, 4) is 0 Å². The number of carbonyl (C=O) groups is 1. The largest absolute Gasteiger partial charge is 0.335 e. The molecule has 3 heterocycles. The molecule has 0 radical (unpaired) electrons. The smallest absolute Gasteiger partial charge is 0.272 e. The highest BCUT2D eigenvalue weighted by Gasteiger charge is 2.19. The lowest BCUT2D eigenvalue weighted by Gasteiger charge is -2.17. The van der Waals surface area contributed by atoms with Gasteiger partial charge in [0.1, 0.15) is 12.0 Å². The number of carbonyl (C=O) groups excluding carboxylic acids is 1. The van der Waals surface area contributed by atoms with E-state index in [4.69, 9.17) is 0 Å². The summed E-state index contributed by atoms with van der Waals surface area (Å²) in [4.78, 5) is 23.7. The molecule has 3 aromatic rings. The lowest BCUT2D eigenvalue weighted by atomic mass is 10.1. The first kappa shape index (κ1) is 15.5. The van der Waals surface area contributed by atoms with Gasteiger partial charge in [0.15, 0.2) is 0 Å². The highest BCUT2D eigenvalue weighted by Crippen LogP contribution is 2.18. The molecule has 0 aliphatic carbocycles. The van der Waals surface area contributed by atoms with E-state index in [-0.39, 0.29) is 11.8 Å². The Morgan fingerprint density at radius 3 is 2.87 bits per heavy atom. The average Bonchev–Trinajstić information content (AvgIpc) is 3.14. The van der Waals surface area contributed by atoms with E-state index in [1.54, 1.807) is 22.5 Å². The second-order valence-electron chi connectivity index (χ2n) is 5.64. The number of hydrogen-bond acceptors (Lipinski definition) is 7. The van der Waals surface area contributed by atoms with Gasteiger partial charge in [-0.2, -0.15) is 10.1 Å². The van der Waals surface area contributed by atoms with Gasteiger partial charge in [-0.25, -0.2) is 9.50 Å². The minimum Gasteiger partial charge on any atom is -0.335 e. The molecule has 8 nitrogen and oxygen atoms in total. The van der Waals surface area contributed by atoms with Crippen LogP contribution in [0.5, 0.6) is 0 Å². The number of aromatic nitrogens is 6. The van der Waals surface area contributed by atoms with Gasteiger partial charge in [-0.15, -0.1) is 5.10 Å². The third-order valence-corrected chi connectivity index (χ3v) is 4.37. The first-order valence-electron chi connectivity index (χ1n) is 7.21. The van der Waals surface area contributed by atoms with E-state index < -0.39 is 0 Å². The first-order valence-corrected chi connectivity index (χ1v) is 7.98. The zero-order valence-corrected chi connectivity index (χ0v) is 14.2. The van der Waals surface area contributed by atoms with Crippen molar-refractivity contribution in [3.63, 3.8) is 0 Å². The van der Waals surface area contributed by atoms with Gasteiger partial charge in [0.2, 0.25) is 0 Å². The molecule has 0 N–H and O–H groups in total. The number of fused-ring (bicyclic) bond motifs is 1. The number of nitrogens with zero attached hydrogens (tertiary/aromatic N) is 7. The van der Waals surface area contributed by atoms with E-state index in [1.165, 1.54) is 17.9 Å². The maximum Gasteiger partial charge on any atom is 0.272 e. The van der Waals surface area contributed by atoms with Crippen LogP contribution < -0.4 is 0 Å². The van der Waals surface area contributed by atoms with Gasteiger partial charge in [0.25, 0.3) is 11.7 Å². The molecule has 9 heteroatoms. The molecule has 0 aliphatic heterocycles. The average molecular weight is 331 g/mol. The predicted octanol–water partition coefficient (Wildman–Crippen LogP) is 1.68. The van der Waals surface area contributed by atoms with E-state index in [0.29, 0.717) is 18.0 Å². The van der Waals surface area contributed by atoms with Crippen LogP contribution in [-0.2, 0) is 6.54 Å². The lowest BCUT2D eigenvalue weighted by molar-refractivity contribution is 0.0780. The summed E-state index contributed by atoms with van der Waals surface area (Å²) in [5.41, 5.74) is 2.12. The summed E-state index contributed by atoms with van der Waals surface area (Å²) in [6.07, 6.45) is 1.44. The van der Waals surface area contributed by atoms with Gasteiger partial charge in [-0.1, -0.05) is 18.3 Å². The predicted molar refractivity (Wildman–Crippen MR) is 85.3 cm³/mol. The highest BCUT2D eigenvalue weighted by atomic mass is 32.1. The minimum absolute atomic E-state index is 0.162. The molecular weight excluding hydrogens is 314 g/mol. The summed E-state index contributed by atoms with van der Waals surface area (Å²) >= 11 is 1.30.